The highest BCUT2D eigenvalue weighted by molar-refractivity contribution is 5.96. The lowest BCUT2D eigenvalue weighted by molar-refractivity contribution is 0.0602. The van der Waals surface area contributed by atoms with Gasteiger partial charge in [0.15, 0.2) is 0 Å². The normalized spacial score (nSPS) is 10.4. The minimum absolute atomic E-state index is 0.403. The molecule has 1 aromatic heterocycles. The Bertz CT molecular complexity index is 659. The molecule has 122 valence electrons. The third-order valence-corrected chi connectivity index (χ3v) is 3.26. The Hall–Kier alpha value is -2.63. The van der Waals surface area contributed by atoms with E-state index < -0.39 is 5.97 Å². The van der Waals surface area contributed by atoms with Crippen molar-refractivity contribution in [3.05, 3.63) is 42.1 Å². The van der Waals surface area contributed by atoms with Crippen LogP contribution in [0.2, 0.25) is 0 Å². The summed E-state index contributed by atoms with van der Waals surface area (Å²) in [7, 11) is 1.36. The highest BCUT2D eigenvalue weighted by Gasteiger charge is 2.12. The van der Waals surface area contributed by atoms with Gasteiger partial charge in [0.25, 0.3) is 0 Å². The van der Waals surface area contributed by atoms with E-state index in [1.165, 1.54) is 7.11 Å². The highest BCUT2D eigenvalue weighted by Crippen LogP contribution is 2.20. The lowest BCUT2D eigenvalue weighted by Crippen LogP contribution is -2.09. The number of hydrogen-bond acceptors (Lipinski definition) is 6. The van der Waals surface area contributed by atoms with Crippen molar-refractivity contribution < 1.29 is 9.53 Å². The van der Waals surface area contributed by atoms with Crippen molar-refractivity contribution in [1.29, 1.82) is 0 Å². The first-order valence-corrected chi connectivity index (χ1v) is 7.61. The third kappa shape index (κ3) is 4.95. The maximum absolute atomic E-state index is 11.8. The number of carbonyl (C=O) groups is 1. The summed E-state index contributed by atoms with van der Waals surface area (Å²) < 4.78 is 4.78. The van der Waals surface area contributed by atoms with Crippen LogP contribution < -0.4 is 10.6 Å². The molecular weight excluding hydrogens is 292 g/mol. The predicted molar refractivity (Wildman–Crippen MR) is 91.0 cm³/mol. The molecule has 0 aliphatic carbocycles. The Balaban J connectivity index is 2.10. The van der Waals surface area contributed by atoms with Crippen molar-refractivity contribution in [2.45, 2.75) is 20.3 Å². The van der Waals surface area contributed by atoms with Gasteiger partial charge in [-0.15, -0.1) is 0 Å². The summed E-state index contributed by atoms with van der Waals surface area (Å²) in [6.45, 7) is 5.21. The summed E-state index contributed by atoms with van der Waals surface area (Å²) in [5, 5.41) is 6.33. The van der Waals surface area contributed by atoms with E-state index in [0.717, 1.165) is 18.8 Å². The fraction of sp³-hybridized carbons (Fsp3) is 0.353. The summed E-state index contributed by atoms with van der Waals surface area (Å²) in [4.78, 5) is 20.4. The number of methoxy groups -OCH3 is 1. The lowest BCUT2D eigenvalue weighted by atomic mass is 10.1. The summed E-state index contributed by atoms with van der Waals surface area (Å²) in [5.41, 5.74) is 1.05. The maximum Gasteiger partial charge on any atom is 0.339 e. The van der Waals surface area contributed by atoms with Crippen molar-refractivity contribution in [1.82, 2.24) is 9.97 Å². The molecule has 0 radical (unpaired) electrons. The van der Waals surface area contributed by atoms with Gasteiger partial charge in [0, 0.05) is 12.7 Å². The summed E-state index contributed by atoms with van der Waals surface area (Å²) in [6.07, 6.45) is 2.74. The van der Waals surface area contributed by atoms with Crippen LogP contribution in [-0.2, 0) is 4.74 Å². The molecule has 23 heavy (non-hydrogen) atoms. The second kappa shape index (κ2) is 8.12. The average Bonchev–Trinajstić information content (AvgIpc) is 2.55. The quantitative estimate of drug-likeness (QED) is 0.762. The first-order chi connectivity index (χ1) is 11.1. The van der Waals surface area contributed by atoms with Crippen molar-refractivity contribution in [3.63, 3.8) is 0 Å². The zero-order chi connectivity index (χ0) is 16.7. The van der Waals surface area contributed by atoms with Crippen molar-refractivity contribution in [3.8, 4) is 0 Å². The van der Waals surface area contributed by atoms with Crippen LogP contribution >= 0.6 is 0 Å². The molecule has 2 aromatic rings. The predicted octanol–water partition coefficient (Wildman–Crippen LogP) is 3.46. The Morgan fingerprint density at radius 2 is 2.04 bits per heavy atom. The number of esters is 1. The number of benzene rings is 1. The van der Waals surface area contributed by atoms with Crippen LogP contribution in [0.15, 0.2) is 36.5 Å². The maximum atomic E-state index is 11.8. The van der Waals surface area contributed by atoms with Crippen LogP contribution in [0.1, 0.15) is 30.6 Å². The van der Waals surface area contributed by atoms with Gasteiger partial charge in [0.05, 0.1) is 18.4 Å². The molecule has 0 bridgehead atoms. The lowest BCUT2D eigenvalue weighted by Gasteiger charge is -2.11. The van der Waals surface area contributed by atoms with Gasteiger partial charge in [-0.3, -0.25) is 0 Å². The summed E-state index contributed by atoms with van der Waals surface area (Å²) in [5.74, 6) is 1.41. The molecule has 2 N–H and O–H groups in total. The molecule has 0 atom stereocenters. The second-order valence-electron chi connectivity index (χ2n) is 5.54. The highest BCUT2D eigenvalue weighted by atomic mass is 16.5. The van der Waals surface area contributed by atoms with Gasteiger partial charge in [0.2, 0.25) is 5.95 Å². The van der Waals surface area contributed by atoms with Gasteiger partial charge in [-0.1, -0.05) is 26.0 Å². The molecule has 0 saturated carbocycles. The number of anilines is 3. The van der Waals surface area contributed by atoms with Gasteiger partial charge >= 0.3 is 5.97 Å². The van der Waals surface area contributed by atoms with E-state index in [4.69, 9.17) is 4.74 Å². The van der Waals surface area contributed by atoms with E-state index in [0.29, 0.717) is 23.1 Å². The zero-order valence-corrected chi connectivity index (χ0v) is 13.7. The fourth-order valence-electron chi connectivity index (χ4n) is 2.01. The van der Waals surface area contributed by atoms with Gasteiger partial charge in [-0.2, -0.15) is 4.98 Å². The number of nitrogens with one attached hydrogen (secondary N) is 2. The van der Waals surface area contributed by atoms with E-state index >= 15 is 0 Å². The number of ether oxygens (including phenoxy) is 1. The molecule has 0 aliphatic heterocycles. The topological polar surface area (TPSA) is 76.1 Å². The van der Waals surface area contributed by atoms with Gasteiger partial charge in [-0.25, -0.2) is 9.78 Å². The molecule has 0 spiro atoms. The Labute approximate surface area is 136 Å². The molecule has 0 amide bonds. The van der Waals surface area contributed by atoms with Crippen LogP contribution in [0.4, 0.5) is 17.5 Å². The smallest absolute Gasteiger partial charge is 0.339 e. The Morgan fingerprint density at radius 1 is 1.26 bits per heavy atom. The first kappa shape index (κ1) is 16.7. The van der Waals surface area contributed by atoms with Crippen molar-refractivity contribution in [2.24, 2.45) is 5.92 Å². The molecule has 0 saturated heterocycles. The number of hydrogen-bond donors (Lipinski definition) is 2. The van der Waals surface area contributed by atoms with Crippen molar-refractivity contribution in [2.75, 3.05) is 24.3 Å². The number of para-hydroxylation sites is 1. The first-order valence-electron chi connectivity index (χ1n) is 7.61. The van der Waals surface area contributed by atoms with Gasteiger partial charge < -0.3 is 15.4 Å². The largest absolute Gasteiger partial charge is 0.465 e. The van der Waals surface area contributed by atoms with Gasteiger partial charge in [0.1, 0.15) is 5.82 Å². The second-order valence-corrected chi connectivity index (χ2v) is 5.54. The molecular formula is C17H22N4O2. The van der Waals surface area contributed by atoms with E-state index in [1.54, 1.807) is 24.4 Å². The third-order valence-electron chi connectivity index (χ3n) is 3.26. The minimum Gasteiger partial charge on any atom is -0.465 e. The van der Waals surface area contributed by atoms with Crippen molar-refractivity contribution >= 4 is 23.4 Å². The van der Waals surface area contributed by atoms with Crippen LogP contribution in [-0.4, -0.2) is 29.6 Å². The minimum atomic E-state index is -0.403. The Kier molecular flexibility index (Phi) is 5.91. The van der Waals surface area contributed by atoms with E-state index in [2.05, 4.69) is 34.4 Å². The molecule has 6 heteroatoms. The molecule has 0 aliphatic rings. The van der Waals surface area contributed by atoms with E-state index in [-0.39, 0.29) is 0 Å². The van der Waals surface area contributed by atoms with E-state index in [1.807, 2.05) is 12.1 Å². The molecule has 2 rings (SSSR count). The van der Waals surface area contributed by atoms with Gasteiger partial charge in [-0.05, 0) is 30.5 Å². The SMILES string of the molecule is COC(=O)c1ccccc1Nc1nccc(NCCC(C)C)n1. The monoisotopic (exact) mass is 314 g/mol. The van der Waals surface area contributed by atoms with Crippen LogP contribution in [0.3, 0.4) is 0 Å². The van der Waals surface area contributed by atoms with E-state index in [9.17, 15) is 4.79 Å². The average molecular weight is 314 g/mol. The molecule has 0 unspecified atom stereocenters. The molecule has 0 fully saturated rings. The summed E-state index contributed by atoms with van der Waals surface area (Å²) in [6, 6.07) is 8.91. The zero-order valence-electron chi connectivity index (χ0n) is 13.7. The number of aromatic nitrogens is 2. The summed E-state index contributed by atoms with van der Waals surface area (Å²) >= 11 is 0. The molecule has 1 aromatic carbocycles. The number of carbonyl (C=O) groups excluding carboxylic acids is 1. The fourth-order valence-corrected chi connectivity index (χ4v) is 2.01. The molecule has 1 heterocycles. The Morgan fingerprint density at radius 3 is 2.78 bits per heavy atom. The molecule has 6 nitrogen and oxygen atoms in total. The number of nitrogens with zero attached hydrogens (tertiary/aromatic N) is 2. The van der Waals surface area contributed by atoms with Crippen LogP contribution in [0, 0.1) is 5.92 Å². The number of rotatable bonds is 7. The standard InChI is InChI=1S/C17H22N4O2/c1-12(2)8-10-18-15-9-11-19-17(21-15)20-14-7-5-4-6-13(14)16(22)23-3/h4-7,9,11-12H,8,10H2,1-3H3,(H2,18,19,20,21). The van der Waals surface area contributed by atoms with Crippen LogP contribution in [0.25, 0.3) is 0 Å². The van der Waals surface area contributed by atoms with Crippen LogP contribution in [0.5, 0.6) is 0 Å².